The van der Waals surface area contributed by atoms with Crippen molar-refractivity contribution in [3.05, 3.63) is 107 Å². The van der Waals surface area contributed by atoms with Gasteiger partial charge in [0, 0.05) is 39.8 Å². The second kappa shape index (κ2) is 11.6. The Balaban J connectivity index is 1.75. The van der Waals surface area contributed by atoms with Gasteiger partial charge in [0.2, 0.25) is 5.96 Å². The van der Waals surface area contributed by atoms with Crippen molar-refractivity contribution in [2.45, 2.75) is 19.0 Å². The van der Waals surface area contributed by atoms with Crippen molar-refractivity contribution in [2.75, 3.05) is 5.32 Å². The molecular formula is C28H22Cl2N6O. The average Bonchev–Trinajstić information content (AvgIpc) is 3.29. The molecule has 2 atom stereocenters. The Bertz CT molecular complexity index is 1470. The number of nitrogens with zero attached hydrogens (tertiary/aromatic N) is 4. The summed E-state index contributed by atoms with van der Waals surface area (Å²) in [5.41, 5.74) is 0.526. The molecule has 7 nitrogen and oxygen atoms in total. The lowest BCUT2D eigenvalue weighted by atomic mass is 9.86. The van der Waals surface area contributed by atoms with Crippen LogP contribution < -0.4 is 10.6 Å². The van der Waals surface area contributed by atoms with Crippen molar-refractivity contribution in [2.24, 2.45) is 10.9 Å². The monoisotopic (exact) mass is 528 g/mol. The minimum atomic E-state index is -0.851. The molecule has 184 valence electrons. The summed E-state index contributed by atoms with van der Waals surface area (Å²) in [5, 5.41) is 16.4. The summed E-state index contributed by atoms with van der Waals surface area (Å²) >= 11 is 12.2. The first-order chi connectivity index (χ1) is 17.8. The highest BCUT2D eigenvalue weighted by atomic mass is 35.5. The molecule has 0 radical (unpaired) electrons. The lowest BCUT2D eigenvalue weighted by Gasteiger charge is -2.31. The molecule has 0 saturated heterocycles. The number of hydrogen-bond acceptors (Lipinski definition) is 4. The van der Waals surface area contributed by atoms with Crippen molar-refractivity contribution < 1.29 is 4.79 Å². The predicted octanol–water partition coefficient (Wildman–Crippen LogP) is 5.38. The summed E-state index contributed by atoms with van der Waals surface area (Å²) in [6, 6.07) is 15.5. The van der Waals surface area contributed by atoms with Gasteiger partial charge < -0.3 is 9.88 Å². The van der Waals surface area contributed by atoms with E-state index >= 15 is 0 Å². The van der Waals surface area contributed by atoms with E-state index < -0.39 is 11.4 Å². The maximum atomic E-state index is 13.2. The fourth-order valence-electron chi connectivity index (χ4n) is 3.72. The third-order valence-corrected chi connectivity index (χ3v) is 6.08. The number of imidazole rings is 1. The topological polar surface area (TPSA) is 95.1 Å². The maximum Gasteiger partial charge on any atom is 0.258 e. The van der Waals surface area contributed by atoms with E-state index in [9.17, 15) is 10.1 Å². The number of nitrogens with one attached hydrogen (secondary N) is 2. The molecule has 1 aliphatic rings. The Hall–Kier alpha value is -4.30. The number of allylic oxidation sites excluding steroid dienone is 3. The molecule has 1 heterocycles. The van der Waals surface area contributed by atoms with Crippen molar-refractivity contribution in [3.8, 4) is 17.9 Å². The highest BCUT2D eigenvalue weighted by Gasteiger charge is 2.33. The number of carbonyl (C=O) groups is 1. The van der Waals surface area contributed by atoms with E-state index in [0.29, 0.717) is 33.4 Å². The van der Waals surface area contributed by atoms with Crippen LogP contribution in [0.15, 0.2) is 95.5 Å². The number of rotatable bonds is 6. The molecule has 0 fully saturated rings. The largest absolute Gasteiger partial charge is 0.335 e. The smallest absolute Gasteiger partial charge is 0.258 e. The third-order valence-electron chi connectivity index (χ3n) is 5.59. The Morgan fingerprint density at radius 2 is 2.08 bits per heavy atom. The van der Waals surface area contributed by atoms with Gasteiger partial charge in [0.05, 0.1) is 36.0 Å². The summed E-state index contributed by atoms with van der Waals surface area (Å²) < 4.78 is 1.90. The van der Waals surface area contributed by atoms with E-state index in [0.717, 1.165) is 0 Å². The lowest BCUT2D eigenvalue weighted by Crippen LogP contribution is -2.43. The van der Waals surface area contributed by atoms with Crippen LogP contribution in [0, 0.1) is 29.1 Å². The molecule has 9 heteroatoms. The van der Waals surface area contributed by atoms with Crippen molar-refractivity contribution >= 4 is 40.8 Å². The Morgan fingerprint density at radius 1 is 1.27 bits per heavy atom. The predicted molar refractivity (Wildman–Crippen MR) is 146 cm³/mol. The van der Waals surface area contributed by atoms with Gasteiger partial charge in [-0.25, -0.2) is 9.98 Å². The van der Waals surface area contributed by atoms with E-state index in [1.807, 2.05) is 23.8 Å². The summed E-state index contributed by atoms with van der Waals surface area (Å²) in [5.74, 6) is 5.64. The van der Waals surface area contributed by atoms with Crippen LogP contribution in [0.5, 0.6) is 0 Å². The Kier molecular flexibility index (Phi) is 8.10. The number of aliphatic imine (C=N–C) groups is 1. The Morgan fingerprint density at radius 3 is 2.81 bits per heavy atom. The number of guanidine groups is 1. The molecule has 1 aliphatic carbocycles. The first-order valence-corrected chi connectivity index (χ1v) is 12.0. The fourth-order valence-corrected chi connectivity index (χ4v) is 3.98. The molecule has 1 amide bonds. The zero-order valence-electron chi connectivity index (χ0n) is 19.8. The zero-order valence-corrected chi connectivity index (χ0v) is 21.3. The number of carbonyl (C=O) groups excluding carboxylic acids is 1. The maximum absolute atomic E-state index is 13.2. The van der Waals surface area contributed by atoms with E-state index in [-0.39, 0.29) is 11.9 Å². The van der Waals surface area contributed by atoms with Crippen molar-refractivity contribution in [1.29, 1.82) is 5.26 Å². The van der Waals surface area contributed by atoms with E-state index in [1.54, 1.807) is 67.1 Å². The van der Waals surface area contributed by atoms with Gasteiger partial charge in [-0.2, -0.15) is 5.26 Å². The fraction of sp³-hybridized carbons (Fsp3) is 0.143. The molecular weight excluding hydrogens is 507 g/mol. The molecule has 0 saturated carbocycles. The number of anilines is 1. The van der Waals surface area contributed by atoms with Gasteiger partial charge in [-0.3, -0.25) is 10.1 Å². The van der Waals surface area contributed by atoms with Gasteiger partial charge in [-0.1, -0.05) is 47.2 Å². The first kappa shape index (κ1) is 25.8. The van der Waals surface area contributed by atoms with E-state index in [1.165, 1.54) is 6.07 Å². The molecule has 2 aromatic carbocycles. The molecule has 1 aromatic heterocycles. The standard InChI is InChI=1S/C28H22Cl2N6O/c1-28(18-36-15-14-32-19-36,22-6-3-7-23(29)9-8-22)35-27(33-25-12-10-24(30)11-13-25)34-26(37)21-5-2-4-20(16-21)17-31/h2,4-5,7-16,19,22H,18H2,1H3,(H2,33,34,35,37)/t22?,28-/m1/s1. The number of amides is 1. The van der Waals surface area contributed by atoms with Crippen LogP contribution in [0.1, 0.15) is 22.8 Å². The van der Waals surface area contributed by atoms with Gasteiger partial charge in [0.15, 0.2) is 0 Å². The van der Waals surface area contributed by atoms with Gasteiger partial charge in [0.1, 0.15) is 0 Å². The van der Waals surface area contributed by atoms with Crippen LogP contribution in [-0.2, 0) is 6.54 Å². The second-order valence-corrected chi connectivity index (χ2v) is 9.36. The van der Waals surface area contributed by atoms with Crippen molar-refractivity contribution in [1.82, 2.24) is 14.9 Å². The van der Waals surface area contributed by atoms with E-state index in [2.05, 4.69) is 33.5 Å². The minimum Gasteiger partial charge on any atom is -0.335 e. The molecule has 2 N–H and O–H groups in total. The highest BCUT2D eigenvalue weighted by Crippen LogP contribution is 2.28. The number of hydrogen-bond donors (Lipinski definition) is 2. The number of benzene rings is 2. The SMILES string of the molecule is C[C@](Cn1ccnc1)(N=C(NC(=O)c1cccc(C#N)c1)Nc1ccc(Cl)cc1)C1C#CC=C(Cl)C=C1. The quantitative estimate of drug-likeness (QED) is 0.255. The number of aromatic nitrogens is 2. The van der Waals surface area contributed by atoms with Crippen LogP contribution in [0.4, 0.5) is 5.69 Å². The molecule has 1 unspecified atom stereocenters. The third kappa shape index (κ3) is 6.89. The van der Waals surface area contributed by atoms with Gasteiger partial charge in [-0.15, -0.1) is 0 Å². The zero-order chi connectivity index (χ0) is 26.3. The lowest BCUT2D eigenvalue weighted by molar-refractivity contribution is 0.0976. The average molecular weight is 529 g/mol. The summed E-state index contributed by atoms with van der Waals surface area (Å²) in [4.78, 5) is 22.4. The highest BCUT2D eigenvalue weighted by molar-refractivity contribution is 6.31. The van der Waals surface area contributed by atoms with Crippen molar-refractivity contribution in [3.63, 3.8) is 0 Å². The molecule has 0 bridgehead atoms. The summed E-state index contributed by atoms with van der Waals surface area (Å²) in [7, 11) is 0. The summed E-state index contributed by atoms with van der Waals surface area (Å²) in [6.07, 6.45) is 10.5. The molecule has 37 heavy (non-hydrogen) atoms. The number of nitriles is 1. The van der Waals surface area contributed by atoms with Gasteiger partial charge >= 0.3 is 0 Å². The molecule has 0 aliphatic heterocycles. The normalized spacial score (nSPS) is 16.3. The van der Waals surface area contributed by atoms with Crippen LogP contribution in [0.2, 0.25) is 5.02 Å². The van der Waals surface area contributed by atoms with Crippen LogP contribution >= 0.6 is 23.2 Å². The minimum absolute atomic E-state index is 0.204. The van der Waals surface area contributed by atoms with Crippen LogP contribution in [-0.4, -0.2) is 27.0 Å². The first-order valence-electron chi connectivity index (χ1n) is 11.3. The van der Waals surface area contributed by atoms with Crippen LogP contribution in [0.3, 0.4) is 0 Å². The van der Waals surface area contributed by atoms with E-state index in [4.69, 9.17) is 28.2 Å². The molecule has 3 aromatic rings. The molecule has 4 rings (SSSR count). The van der Waals surface area contributed by atoms with Gasteiger partial charge in [-0.05, 0) is 55.5 Å². The Labute approximate surface area is 225 Å². The summed E-state index contributed by atoms with van der Waals surface area (Å²) in [6.45, 7) is 2.36. The van der Waals surface area contributed by atoms with Crippen LogP contribution in [0.25, 0.3) is 0 Å². The van der Waals surface area contributed by atoms with Gasteiger partial charge in [0.25, 0.3) is 5.91 Å². The number of halogens is 2. The molecule has 0 spiro atoms. The second-order valence-electron chi connectivity index (χ2n) is 8.49.